The second kappa shape index (κ2) is 4.08. The van der Waals surface area contributed by atoms with Crippen molar-refractivity contribution in [1.82, 2.24) is 9.78 Å². The molecular formula is C11H8FN3O. The summed E-state index contributed by atoms with van der Waals surface area (Å²) in [5, 5.41) is 3.99. The minimum atomic E-state index is -0.554. The minimum Gasteiger partial charge on any atom is -0.268 e. The highest BCUT2D eigenvalue weighted by Crippen LogP contribution is 2.24. The molecule has 1 heterocycles. The predicted molar refractivity (Wildman–Crippen MR) is 56.4 cm³/mol. The first-order valence-electron chi connectivity index (χ1n) is 4.58. The highest BCUT2D eigenvalue weighted by Gasteiger charge is 2.06. The van der Waals surface area contributed by atoms with Crippen molar-refractivity contribution in [3.05, 3.63) is 36.3 Å². The molecule has 16 heavy (non-hydrogen) atoms. The molecule has 2 rings (SSSR count). The Morgan fingerprint density at radius 2 is 2.25 bits per heavy atom. The number of aryl methyl sites for hydroxylation is 1. The smallest absolute Gasteiger partial charge is 0.240 e. The lowest BCUT2D eigenvalue weighted by Gasteiger charge is -2.02. The van der Waals surface area contributed by atoms with Crippen LogP contribution >= 0.6 is 0 Å². The Kier molecular flexibility index (Phi) is 2.62. The average Bonchev–Trinajstić information content (AvgIpc) is 2.68. The molecule has 1 aromatic carbocycles. The fraction of sp³-hybridized carbons (Fsp3) is 0.0909. The maximum Gasteiger partial charge on any atom is 0.240 e. The summed E-state index contributed by atoms with van der Waals surface area (Å²) < 4.78 is 15.1. The molecule has 0 bridgehead atoms. The molecule has 2 aromatic rings. The van der Waals surface area contributed by atoms with E-state index in [0.717, 1.165) is 5.69 Å². The molecule has 5 heteroatoms. The van der Waals surface area contributed by atoms with Crippen molar-refractivity contribution < 1.29 is 9.18 Å². The van der Waals surface area contributed by atoms with Gasteiger partial charge in [0.15, 0.2) is 0 Å². The van der Waals surface area contributed by atoms with Crippen molar-refractivity contribution in [2.75, 3.05) is 0 Å². The zero-order valence-corrected chi connectivity index (χ0v) is 8.51. The van der Waals surface area contributed by atoms with Crippen LogP contribution in [-0.4, -0.2) is 15.9 Å². The van der Waals surface area contributed by atoms with Gasteiger partial charge in [-0.25, -0.2) is 9.18 Å². The van der Waals surface area contributed by atoms with Crippen LogP contribution in [0.15, 0.2) is 35.5 Å². The second-order valence-corrected chi connectivity index (χ2v) is 3.21. The van der Waals surface area contributed by atoms with E-state index in [1.807, 2.05) is 0 Å². The van der Waals surface area contributed by atoms with E-state index in [9.17, 15) is 9.18 Å². The summed E-state index contributed by atoms with van der Waals surface area (Å²) in [6, 6.07) is 6.20. The van der Waals surface area contributed by atoms with E-state index in [4.69, 9.17) is 0 Å². The topological polar surface area (TPSA) is 47.2 Å². The van der Waals surface area contributed by atoms with Gasteiger partial charge >= 0.3 is 0 Å². The summed E-state index contributed by atoms with van der Waals surface area (Å²) in [4.78, 5) is 13.3. The minimum absolute atomic E-state index is 0.0130. The number of hydrogen-bond acceptors (Lipinski definition) is 3. The Balaban J connectivity index is 2.50. The van der Waals surface area contributed by atoms with E-state index in [1.54, 1.807) is 30.1 Å². The Morgan fingerprint density at radius 1 is 1.44 bits per heavy atom. The number of nitrogens with zero attached hydrogens (tertiary/aromatic N) is 3. The highest BCUT2D eigenvalue weighted by atomic mass is 19.1. The number of halogens is 1. The molecule has 0 fully saturated rings. The fourth-order valence-corrected chi connectivity index (χ4v) is 1.46. The number of hydrogen-bond donors (Lipinski definition) is 0. The molecule has 0 amide bonds. The Morgan fingerprint density at radius 3 is 2.81 bits per heavy atom. The van der Waals surface area contributed by atoms with Crippen molar-refractivity contribution in [2.24, 2.45) is 12.0 Å². The first kappa shape index (κ1) is 10.3. The lowest BCUT2D eigenvalue weighted by atomic mass is 10.1. The molecule has 0 aliphatic carbocycles. The van der Waals surface area contributed by atoms with Gasteiger partial charge in [0.1, 0.15) is 11.5 Å². The van der Waals surface area contributed by atoms with E-state index < -0.39 is 5.82 Å². The molecule has 0 N–H and O–H groups in total. The zero-order chi connectivity index (χ0) is 11.5. The molecular weight excluding hydrogens is 209 g/mol. The molecule has 0 unspecified atom stereocenters. The van der Waals surface area contributed by atoms with Crippen molar-refractivity contribution in [2.45, 2.75) is 0 Å². The SMILES string of the molecule is Cn1nccc1-c1ccc(N=C=O)c(F)c1. The Labute approximate surface area is 91.0 Å². The maximum atomic E-state index is 13.5. The third kappa shape index (κ3) is 1.76. The predicted octanol–water partition coefficient (Wildman–Crippen LogP) is 2.19. The van der Waals surface area contributed by atoms with E-state index in [0.29, 0.717) is 5.56 Å². The number of aliphatic imine (C=N–C) groups is 1. The fourth-order valence-electron chi connectivity index (χ4n) is 1.46. The third-order valence-corrected chi connectivity index (χ3v) is 2.23. The van der Waals surface area contributed by atoms with Crippen molar-refractivity contribution in [3.63, 3.8) is 0 Å². The van der Waals surface area contributed by atoms with Gasteiger partial charge in [-0.2, -0.15) is 10.1 Å². The number of rotatable bonds is 2. The van der Waals surface area contributed by atoms with Gasteiger partial charge in [-0.3, -0.25) is 4.68 Å². The van der Waals surface area contributed by atoms with Crippen LogP contribution in [0.2, 0.25) is 0 Å². The van der Waals surface area contributed by atoms with E-state index >= 15 is 0 Å². The Hall–Kier alpha value is -2.26. The largest absolute Gasteiger partial charge is 0.268 e. The van der Waals surface area contributed by atoms with E-state index in [1.165, 1.54) is 18.2 Å². The van der Waals surface area contributed by atoms with Gasteiger partial charge in [0.25, 0.3) is 0 Å². The maximum absolute atomic E-state index is 13.5. The summed E-state index contributed by atoms with van der Waals surface area (Å²) in [6.07, 6.45) is 2.94. The molecule has 0 aliphatic rings. The molecule has 80 valence electrons. The van der Waals surface area contributed by atoms with Gasteiger partial charge in [-0.1, -0.05) is 6.07 Å². The van der Waals surface area contributed by atoms with Crippen molar-refractivity contribution >= 4 is 11.8 Å². The molecule has 4 nitrogen and oxygen atoms in total. The van der Waals surface area contributed by atoms with Crippen LogP contribution in [0.5, 0.6) is 0 Å². The first-order valence-corrected chi connectivity index (χ1v) is 4.58. The van der Waals surface area contributed by atoms with Crippen molar-refractivity contribution in [1.29, 1.82) is 0 Å². The monoisotopic (exact) mass is 217 g/mol. The van der Waals surface area contributed by atoms with Gasteiger partial charge in [0, 0.05) is 18.8 Å². The van der Waals surface area contributed by atoms with Crippen LogP contribution < -0.4 is 0 Å². The van der Waals surface area contributed by atoms with Gasteiger partial charge in [-0.05, 0) is 18.2 Å². The lowest BCUT2D eigenvalue weighted by molar-refractivity contribution is 0.564. The van der Waals surface area contributed by atoms with Crippen LogP contribution in [0, 0.1) is 5.82 Å². The molecule has 0 saturated carbocycles. The van der Waals surface area contributed by atoms with E-state index in [2.05, 4.69) is 10.1 Å². The number of aromatic nitrogens is 2. The number of carbonyl (C=O) groups excluding carboxylic acids is 1. The molecule has 0 saturated heterocycles. The number of isocyanates is 1. The molecule has 0 radical (unpaired) electrons. The molecule has 0 atom stereocenters. The Bertz CT molecular complexity index is 570. The molecule has 0 aliphatic heterocycles. The first-order chi connectivity index (χ1) is 7.72. The van der Waals surface area contributed by atoms with Crippen LogP contribution in [0.1, 0.15) is 0 Å². The van der Waals surface area contributed by atoms with E-state index in [-0.39, 0.29) is 5.69 Å². The summed E-state index contributed by atoms with van der Waals surface area (Å²) in [7, 11) is 1.77. The standard InChI is InChI=1S/C11H8FN3O/c1-15-11(4-5-14-15)8-2-3-10(13-7-16)9(12)6-8/h2-6H,1H3. The lowest BCUT2D eigenvalue weighted by Crippen LogP contribution is -1.93. The van der Waals surface area contributed by atoms with Gasteiger partial charge in [0.2, 0.25) is 6.08 Å². The van der Waals surface area contributed by atoms with Crippen LogP contribution in [0.3, 0.4) is 0 Å². The second-order valence-electron chi connectivity index (χ2n) is 3.21. The van der Waals surface area contributed by atoms with Crippen LogP contribution in [-0.2, 0) is 11.8 Å². The highest BCUT2D eigenvalue weighted by molar-refractivity contribution is 5.63. The van der Waals surface area contributed by atoms with Gasteiger partial charge in [0.05, 0.1) is 5.69 Å². The van der Waals surface area contributed by atoms with Crippen LogP contribution in [0.4, 0.5) is 10.1 Å². The van der Waals surface area contributed by atoms with Crippen molar-refractivity contribution in [3.8, 4) is 11.3 Å². The summed E-state index contributed by atoms with van der Waals surface area (Å²) in [6.45, 7) is 0. The summed E-state index contributed by atoms with van der Waals surface area (Å²) in [5.41, 5.74) is 1.46. The van der Waals surface area contributed by atoms with Crippen LogP contribution in [0.25, 0.3) is 11.3 Å². The quantitative estimate of drug-likeness (QED) is 0.571. The van der Waals surface area contributed by atoms with Gasteiger partial charge in [-0.15, -0.1) is 0 Å². The number of benzene rings is 1. The molecule has 0 spiro atoms. The summed E-state index contributed by atoms with van der Waals surface area (Å²) in [5.74, 6) is -0.554. The normalized spacial score (nSPS) is 9.88. The van der Waals surface area contributed by atoms with Gasteiger partial charge < -0.3 is 0 Å². The molecule has 1 aromatic heterocycles. The third-order valence-electron chi connectivity index (χ3n) is 2.23. The zero-order valence-electron chi connectivity index (χ0n) is 8.51. The average molecular weight is 217 g/mol. The summed E-state index contributed by atoms with van der Waals surface area (Å²) >= 11 is 0.